The Hall–Kier alpha value is -0.320. The van der Waals surface area contributed by atoms with E-state index in [-0.39, 0.29) is 24.8 Å². The third-order valence-electron chi connectivity index (χ3n) is 7.44. The molecular formula is C24H42O8. The minimum absolute atomic E-state index is 0.0613. The van der Waals surface area contributed by atoms with Crippen LogP contribution in [0.25, 0.3) is 0 Å². The van der Waals surface area contributed by atoms with Crippen LogP contribution in [0, 0.1) is 11.8 Å². The number of aliphatic hydroxyl groups is 2. The smallest absolute Gasteiger partial charge is 0.157 e. The van der Waals surface area contributed by atoms with E-state index in [2.05, 4.69) is 0 Å². The van der Waals surface area contributed by atoms with Gasteiger partial charge in [-0.1, -0.05) is 0 Å². The van der Waals surface area contributed by atoms with E-state index in [4.69, 9.17) is 28.4 Å². The Bertz CT molecular complexity index is 510. The topological polar surface area (TPSA) is 95.8 Å². The fraction of sp³-hybridized carbons (Fsp3) is 1.00. The van der Waals surface area contributed by atoms with Crippen LogP contribution in [0.2, 0.25) is 0 Å². The van der Waals surface area contributed by atoms with Crippen LogP contribution in [-0.2, 0) is 28.4 Å². The molecule has 8 nitrogen and oxygen atoms in total. The highest BCUT2D eigenvalue weighted by molar-refractivity contribution is 4.87. The summed E-state index contributed by atoms with van der Waals surface area (Å²) in [4.78, 5) is 0. The van der Waals surface area contributed by atoms with Gasteiger partial charge < -0.3 is 38.6 Å². The molecule has 3 unspecified atom stereocenters. The van der Waals surface area contributed by atoms with Gasteiger partial charge >= 0.3 is 0 Å². The average molecular weight is 459 g/mol. The van der Waals surface area contributed by atoms with Gasteiger partial charge in [-0.15, -0.1) is 0 Å². The minimum Gasteiger partial charge on any atom is -0.390 e. The van der Waals surface area contributed by atoms with Crippen LogP contribution >= 0.6 is 0 Å². The standard InChI is InChI=1S/C24H42O8/c25-19-14-18(15-20(19)26)17-7-8-24(32-16-17)31-13-11-28-22-5-3-4-21(22)27-10-12-30-23-6-1-2-9-29-23/h17-26H,1-16H2/t17?,19-,20-,21-,22-,23?,24?/m1/s1. The largest absolute Gasteiger partial charge is 0.390 e. The minimum atomic E-state index is -0.576. The molecular weight excluding hydrogens is 416 g/mol. The van der Waals surface area contributed by atoms with Crippen LogP contribution in [0.4, 0.5) is 0 Å². The molecule has 186 valence electrons. The molecule has 0 aromatic rings. The van der Waals surface area contributed by atoms with Crippen LogP contribution in [0.5, 0.6) is 0 Å². The SMILES string of the molecule is O[C@@H]1CC(C2CCC(OCCO[C@@H]3CCC[C@H]3OCCOC3CCCCO3)OC2)C[C@H]1O. The Kier molecular flexibility index (Phi) is 10.0. The lowest BCUT2D eigenvalue weighted by Crippen LogP contribution is -2.33. The molecule has 2 saturated heterocycles. The molecule has 0 amide bonds. The van der Waals surface area contributed by atoms with E-state index in [0.29, 0.717) is 57.7 Å². The third-order valence-corrected chi connectivity index (χ3v) is 7.44. The van der Waals surface area contributed by atoms with Crippen molar-refractivity contribution in [2.45, 2.75) is 101 Å². The molecule has 4 rings (SSSR count). The van der Waals surface area contributed by atoms with Gasteiger partial charge in [0.25, 0.3) is 0 Å². The summed E-state index contributed by atoms with van der Waals surface area (Å²) in [5.41, 5.74) is 0. The molecule has 2 N–H and O–H groups in total. The monoisotopic (exact) mass is 458 g/mol. The predicted octanol–water partition coefficient (Wildman–Crippen LogP) is 2.39. The number of ether oxygens (including phenoxy) is 6. The lowest BCUT2D eigenvalue weighted by Gasteiger charge is -2.32. The molecule has 2 aliphatic heterocycles. The zero-order valence-electron chi connectivity index (χ0n) is 19.3. The van der Waals surface area contributed by atoms with Crippen molar-refractivity contribution >= 4 is 0 Å². The highest BCUT2D eigenvalue weighted by Gasteiger charge is 2.38. The van der Waals surface area contributed by atoms with Crippen LogP contribution in [0.15, 0.2) is 0 Å². The van der Waals surface area contributed by atoms with Crippen LogP contribution in [-0.4, -0.2) is 86.9 Å². The fourth-order valence-electron chi connectivity index (χ4n) is 5.54. The summed E-state index contributed by atoms with van der Waals surface area (Å²) in [6.07, 6.45) is 8.56. The fourth-order valence-corrected chi connectivity index (χ4v) is 5.54. The normalized spacial score (nSPS) is 39.0. The second kappa shape index (κ2) is 13.0. The second-order valence-corrected chi connectivity index (χ2v) is 9.75. The Morgan fingerprint density at radius 3 is 1.78 bits per heavy atom. The van der Waals surface area contributed by atoms with Crippen LogP contribution < -0.4 is 0 Å². The first-order valence-electron chi connectivity index (χ1n) is 12.7. The maximum Gasteiger partial charge on any atom is 0.157 e. The zero-order valence-corrected chi connectivity index (χ0v) is 19.3. The molecule has 2 aliphatic carbocycles. The molecule has 2 heterocycles. The number of hydrogen-bond donors (Lipinski definition) is 2. The van der Waals surface area contributed by atoms with Gasteiger partial charge in [-0.2, -0.15) is 0 Å². The maximum absolute atomic E-state index is 9.77. The van der Waals surface area contributed by atoms with Crippen LogP contribution in [0.1, 0.15) is 64.2 Å². The van der Waals surface area contributed by atoms with E-state index in [1.54, 1.807) is 0 Å². The molecule has 8 heteroatoms. The molecule has 0 bridgehead atoms. The highest BCUT2D eigenvalue weighted by Crippen LogP contribution is 2.37. The molecule has 0 aromatic heterocycles. The average Bonchev–Trinajstić information content (AvgIpc) is 3.41. The molecule has 32 heavy (non-hydrogen) atoms. The maximum atomic E-state index is 9.77. The van der Waals surface area contributed by atoms with Crippen molar-refractivity contribution in [3.05, 3.63) is 0 Å². The van der Waals surface area contributed by atoms with Gasteiger partial charge in [-0.25, -0.2) is 0 Å². The molecule has 0 spiro atoms. The molecule has 7 atom stereocenters. The van der Waals surface area contributed by atoms with E-state index >= 15 is 0 Å². The summed E-state index contributed by atoms with van der Waals surface area (Å²) < 4.78 is 35.2. The number of aliphatic hydroxyl groups excluding tert-OH is 2. The Morgan fingerprint density at radius 1 is 0.594 bits per heavy atom. The second-order valence-electron chi connectivity index (χ2n) is 9.75. The zero-order chi connectivity index (χ0) is 22.2. The first kappa shape index (κ1) is 24.8. The van der Waals surface area contributed by atoms with Crippen molar-refractivity contribution in [1.82, 2.24) is 0 Å². The molecule has 4 aliphatic rings. The number of hydrogen-bond acceptors (Lipinski definition) is 8. The molecule has 0 radical (unpaired) electrons. The summed E-state index contributed by atoms with van der Waals surface area (Å²) >= 11 is 0. The van der Waals surface area contributed by atoms with Gasteiger partial charge in [0.1, 0.15) is 0 Å². The summed E-state index contributed by atoms with van der Waals surface area (Å²) in [6.45, 7) is 3.64. The lowest BCUT2D eigenvalue weighted by molar-refractivity contribution is -0.191. The van der Waals surface area contributed by atoms with Gasteiger partial charge in [0.2, 0.25) is 0 Å². The van der Waals surface area contributed by atoms with E-state index in [1.165, 1.54) is 6.42 Å². The van der Waals surface area contributed by atoms with Crippen LogP contribution in [0.3, 0.4) is 0 Å². The van der Waals surface area contributed by atoms with Gasteiger partial charge in [-0.3, -0.25) is 0 Å². The molecule has 4 fully saturated rings. The van der Waals surface area contributed by atoms with Gasteiger partial charge in [-0.05, 0) is 76.0 Å². The Morgan fingerprint density at radius 2 is 1.22 bits per heavy atom. The first-order valence-corrected chi connectivity index (χ1v) is 12.7. The quantitative estimate of drug-likeness (QED) is 0.456. The summed E-state index contributed by atoms with van der Waals surface area (Å²) in [5, 5.41) is 19.5. The predicted molar refractivity (Wildman–Crippen MR) is 116 cm³/mol. The van der Waals surface area contributed by atoms with Crippen molar-refractivity contribution in [3.63, 3.8) is 0 Å². The summed E-state index contributed by atoms with van der Waals surface area (Å²) in [5.74, 6) is 0.757. The van der Waals surface area contributed by atoms with E-state index in [1.807, 2.05) is 0 Å². The van der Waals surface area contributed by atoms with Crippen molar-refractivity contribution in [3.8, 4) is 0 Å². The van der Waals surface area contributed by atoms with E-state index in [0.717, 1.165) is 51.6 Å². The Balaban J connectivity index is 1.03. The van der Waals surface area contributed by atoms with Crippen molar-refractivity contribution in [1.29, 1.82) is 0 Å². The van der Waals surface area contributed by atoms with Crippen molar-refractivity contribution in [2.24, 2.45) is 11.8 Å². The van der Waals surface area contributed by atoms with Gasteiger partial charge in [0, 0.05) is 6.61 Å². The molecule has 2 saturated carbocycles. The summed E-state index contributed by atoms with van der Waals surface area (Å²) in [7, 11) is 0. The Labute approximate surface area is 191 Å². The van der Waals surface area contributed by atoms with E-state index in [9.17, 15) is 10.2 Å². The van der Waals surface area contributed by atoms with E-state index < -0.39 is 12.2 Å². The molecule has 0 aromatic carbocycles. The highest BCUT2D eigenvalue weighted by atomic mass is 16.7. The van der Waals surface area contributed by atoms with Gasteiger partial charge in [0.05, 0.1) is 57.5 Å². The number of rotatable bonds is 11. The third kappa shape index (κ3) is 7.34. The van der Waals surface area contributed by atoms with Crippen molar-refractivity contribution < 1.29 is 38.6 Å². The first-order chi connectivity index (χ1) is 15.7. The summed E-state index contributed by atoms with van der Waals surface area (Å²) in [6, 6.07) is 0. The lowest BCUT2D eigenvalue weighted by atomic mass is 9.86. The van der Waals surface area contributed by atoms with Crippen molar-refractivity contribution in [2.75, 3.05) is 39.6 Å². The van der Waals surface area contributed by atoms with Gasteiger partial charge in [0.15, 0.2) is 12.6 Å².